The van der Waals surface area contributed by atoms with E-state index < -0.39 is 17.7 Å². The van der Waals surface area contributed by atoms with E-state index in [9.17, 15) is 14.7 Å². The largest absolute Gasteiger partial charge is 0.507 e. The predicted octanol–water partition coefficient (Wildman–Crippen LogP) is 6.54. The average Bonchev–Trinajstić information content (AvgIpc) is 3.18. The van der Waals surface area contributed by atoms with Crippen LogP contribution in [0.25, 0.3) is 5.76 Å². The minimum absolute atomic E-state index is 0.0310. The van der Waals surface area contributed by atoms with E-state index in [0.29, 0.717) is 28.5 Å². The van der Waals surface area contributed by atoms with Crippen molar-refractivity contribution in [3.05, 3.63) is 142 Å². The third kappa shape index (κ3) is 5.27. The van der Waals surface area contributed by atoms with E-state index in [1.807, 2.05) is 84.9 Å². The SMILES string of the molecule is O=C1C(=O)N(Cc2ccccc2)C(c2cccc(OCc3ccccc3)c2)C1=C(O)c1ccc(Cl)cc1. The Labute approximate surface area is 220 Å². The Morgan fingerprint density at radius 2 is 1.46 bits per heavy atom. The Balaban J connectivity index is 1.56. The summed E-state index contributed by atoms with van der Waals surface area (Å²) in [5.74, 6) is -1.05. The van der Waals surface area contributed by atoms with Gasteiger partial charge in [-0.25, -0.2) is 0 Å². The summed E-state index contributed by atoms with van der Waals surface area (Å²) in [6, 6.07) is 32.2. The van der Waals surface area contributed by atoms with Gasteiger partial charge in [0.2, 0.25) is 0 Å². The van der Waals surface area contributed by atoms with Gasteiger partial charge in [-0.1, -0.05) is 84.4 Å². The van der Waals surface area contributed by atoms with Crippen LogP contribution in [0.15, 0.2) is 115 Å². The van der Waals surface area contributed by atoms with E-state index in [0.717, 1.165) is 11.1 Å². The minimum atomic E-state index is -0.795. The normalized spacial score (nSPS) is 16.7. The number of Topliss-reactive ketones (excluding diaryl/α,β-unsaturated/α-hetero) is 1. The molecule has 0 radical (unpaired) electrons. The van der Waals surface area contributed by atoms with Crippen LogP contribution in [0.4, 0.5) is 0 Å². The van der Waals surface area contributed by atoms with E-state index >= 15 is 0 Å². The summed E-state index contributed by atoms with van der Waals surface area (Å²) in [7, 11) is 0. The van der Waals surface area contributed by atoms with E-state index in [2.05, 4.69) is 0 Å². The number of rotatable bonds is 7. The fourth-order valence-electron chi connectivity index (χ4n) is 4.45. The lowest BCUT2D eigenvalue weighted by Crippen LogP contribution is -2.29. The first-order valence-electron chi connectivity index (χ1n) is 11.9. The van der Waals surface area contributed by atoms with Crippen LogP contribution in [0, 0.1) is 0 Å². The number of aliphatic hydroxyl groups is 1. The molecule has 184 valence electrons. The summed E-state index contributed by atoms with van der Waals surface area (Å²) < 4.78 is 6.01. The highest BCUT2D eigenvalue weighted by atomic mass is 35.5. The molecule has 37 heavy (non-hydrogen) atoms. The van der Waals surface area contributed by atoms with Crippen molar-refractivity contribution in [2.75, 3.05) is 0 Å². The fourth-order valence-corrected chi connectivity index (χ4v) is 4.57. The minimum Gasteiger partial charge on any atom is -0.507 e. The number of ether oxygens (including phenoxy) is 1. The van der Waals surface area contributed by atoms with Crippen molar-refractivity contribution in [3.8, 4) is 5.75 Å². The van der Waals surface area contributed by atoms with Crippen LogP contribution in [0.3, 0.4) is 0 Å². The third-order valence-electron chi connectivity index (χ3n) is 6.28. The fraction of sp³-hybridized carbons (Fsp3) is 0.0968. The average molecular weight is 510 g/mol. The number of likely N-dealkylation sites (tertiary alicyclic amines) is 1. The number of carbonyl (C=O) groups is 2. The molecule has 1 saturated heterocycles. The van der Waals surface area contributed by atoms with Crippen LogP contribution in [0.5, 0.6) is 5.75 Å². The number of halogens is 1. The topological polar surface area (TPSA) is 66.8 Å². The number of nitrogens with zero attached hydrogens (tertiary/aromatic N) is 1. The maximum Gasteiger partial charge on any atom is 0.295 e. The number of hydrogen-bond donors (Lipinski definition) is 1. The molecule has 0 saturated carbocycles. The number of hydrogen-bond acceptors (Lipinski definition) is 4. The second kappa shape index (κ2) is 10.7. The molecule has 4 aromatic rings. The Morgan fingerprint density at radius 3 is 2.14 bits per heavy atom. The molecular weight excluding hydrogens is 486 g/mol. The summed E-state index contributed by atoms with van der Waals surface area (Å²) in [6.07, 6.45) is 0. The van der Waals surface area contributed by atoms with Crippen LogP contribution in [-0.4, -0.2) is 21.7 Å². The molecule has 4 aromatic carbocycles. The van der Waals surface area contributed by atoms with Gasteiger partial charge in [-0.2, -0.15) is 0 Å². The molecule has 0 aliphatic carbocycles. The van der Waals surface area contributed by atoms with Gasteiger partial charge in [-0.05, 0) is 53.1 Å². The monoisotopic (exact) mass is 509 g/mol. The molecule has 1 amide bonds. The number of ketones is 1. The first-order chi connectivity index (χ1) is 18.0. The maximum absolute atomic E-state index is 13.3. The quantitative estimate of drug-likeness (QED) is 0.174. The first-order valence-corrected chi connectivity index (χ1v) is 12.2. The standard InChI is InChI=1S/C31H24ClNO4/c32-25-16-14-23(15-17-25)29(34)27-28(33(31(36)30(27)35)19-21-8-3-1-4-9-21)24-12-7-13-26(18-24)37-20-22-10-5-2-6-11-22/h1-18,28,34H,19-20H2. The zero-order valence-corrected chi connectivity index (χ0v) is 20.6. The highest BCUT2D eigenvalue weighted by Crippen LogP contribution is 2.41. The van der Waals surface area contributed by atoms with Gasteiger partial charge in [0.15, 0.2) is 0 Å². The molecule has 1 aliphatic heterocycles. The molecule has 1 aliphatic rings. The molecule has 0 aromatic heterocycles. The summed E-state index contributed by atoms with van der Waals surface area (Å²) in [4.78, 5) is 28.1. The summed E-state index contributed by atoms with van der Waals surface area (Å²) in [5.41, 5.74) is 2.99. The molecule has 1 heterocycles. The Morgan fingerprint density at radius 1 is 0.811 bits per heavy atom. The highest BCUT2D eigenvalue weighted by molar-refractivity contribution is 6.46. The summed E-state index contributed by atoms with van der Waals surface area (Å²) >= 11 is 6.02. The lowest BCUT2D eigenvalue weighted by molar-refractivity contribution is -0.140. The van der Waals surface area contributed by atoms with Crippen molar-refractivity contribution in [3.63, 3.8) is 0 Å². The third-order valence-corrected chi connectivity index (χ3v) is 6.53. The molecule has 1 unspecified atom stereocenters. The van der Waals surface area contributed by atoms with Gasteiger partial charge >= 0.3 is 0 Å². The predicted molar refractivity (Wildman–Crippen MR) is 143 cm³/mol. The molecule has 1 N–H and O–H groups in total. The van der Waals surface area contributed by atoms with Crippen molar-refractivity contribution in [1.29, 1.82) is 0 Å². The van der Waals surface area contributed by atoms with Gasteiger partial charge in [-0.15, -0.1) is 0 Å². The summed E-state index contributed by atoms with van der Waals surface area (Å²) in [5, 5.41) is 11.7. The van der Waals surface area contributed by atoms with Crippen molar-refractivity contribution in [2.24, 2.45) is 0 Å². The van der Waals surface area contributed by atoms with Gasteiger partial charge in [-0.3, -0.25) is 9.59 Å². The second-order valence-electron chi connectivity index (χ2n) is 8.77. The zero-order valence-electron chi connectivity index (χ0n) is 19.9. The molecule has 5 rings (SSSR count). The van der Waals surface area contributed by atoms with E-state index in [1.54, 1.807) is 24.3 Å². The number of amides is 1. The number of aliphatic hydroxyl groups excluding tert-OH is 1. The van der Waals surface area contributed by atoms with E-state index in [4.69, 9.17) is 16.3 Å². The highest BCUT2D eigenvalue weighted by Gasteiger charge is 2.46. The lowest BCUT2D eigenvalue weighted by Gasteiger charge is -2.26. The van der Waals surface area contributed by atoms with Crippen molar-refractivity contribution < 1.29 is 19.4 Å². The molecule has 6 heteroatoms. The van der Waals surface area contributed by atoms with E-state index in [-0.39, 0.29) is 17.9 Å². The van der Waals surface area contributed by atoms with Crippen molar-refractivity contribution >= 4 is 29.1 Å². The molecule has 0 bridgehead atoms. The van der Waals surface area contributed by atoms with Gasteiger partial charge in [0, 0.05) is 17.1 Å². The first kappa shape index (κ1) is 24.3. The van der Waals surface area contributed by atoms with Crippen LogP contribution >= 0.6 is 11.6 Å². The Bertz CT molecular complexity index is 1450. The molecule has 5 nitrogen and oxygen atoms in total. The van der Waals surface area contributed by atoms with Crippen LogP contribution in [0.1, 0.15) is 28.3 Å². The maximum atomic E-state index is 13.3. The van der Waals surface area contributed by atoms with Crippen molar-refractivity contribution in [1.82, 2.24) is 4.90 Å². The Kier molecular flexibility index (Phi) is 7.06. The van der Waals surface area contributed by atoms with Crippen LogP contribution < -0.4 is 4.74 Å². The summed E-state index contributed by atoms with van der Waals surface area (Å²) in [6.45, 7) is 0.585. The van der Waals surface area contributed by atoms with Crippen LogP contribution in [-0.2, 0) is 22.7 Å². The number of carbonyl (C=O) groups excluding carboxylic acids is 2. The smallest absolute Gasteiger partial charge is 0.295 e. The lowest BCUT2D eigenvalue weighted by atomic mass is 9.95. The van der Waals surface area contributed by atoms with Crippen molar-refractivity contribution in [2.45, 2.75) is 19.2 Å². The van der Waals surface area contributed by atoms with E-state index in [1.165, 1.54) is 4.90 Å². The molecule has 1 atom stereocenters. The molecule has 1 fully saturated rings. The van der Waals surface area contributed by atoms with Gasteiger partial charge < -0.3 is 14.7 Å². The Hall–Kier alpha value is -4.35. The van der Waals surface area contributed by atoms with Gasteiger partial charge in [0.25, 0.3) is 11.7 Å². The molecular formula is C31H24ClNO4. The number of benzene rings is 4. The second-order valence-corrected chi connectivity index (χ2v) is 9.20. The van der Waals surface area contributed by atoms with Crippen LogP contribution in [0.2, 0.25) is 5.02 Å². The van der Waals surface area contributed by atoms with Gasteiger partial charge in [0.1, 0.15) is 18.1 Å². The molecule has 0 spiro atoms. The zero-order chi connectivity index (χ0) is 25.8. The van der Waals surface area contributed by atoms with Gasteiger partial charge in [0.05, 0.1) is 11.6 Å².